The van der Waals surface area contributed by atoms with Crippen molar-refractivity contribution in [1.82, 2.24) is 6.15 Å². The summed E-state index contributed by atoms with van der Waals surface area (Å²) in [6.07, 6.45) is 18.6. The van der Waals surface area contributed by atoms with Crippen LogP contribution in [0.3, 0.4) is 0 Å². The number of hydrogen-bond donors (Lipinski definition) is 5. The van der Waals surface area contributed by atoms with E-state index in [0.717, 1.165) is 19.3 Å². The SMILES string of the molecule is CCCCCCCCCCCCCCCC=C(c1cc(Cl)c(O)c(C(=O)O)c1)c1cc(Cl)c(O)c(C(=O)O)c1.N. The van der Waals surface area contributed by atoms with Crippen LogP contribution in [0, 0.1) is 0 Å². The molecule has 0 heterocycles. The van der Waals surface area contributed by atoms with Crippen LogP contribution in [0.15, 0.2) is 30.3 Å². The summed E-state index contributed by atoms with van der Waals surface area (Å²) in [5.41, 5.74) is 0.564. The normalized spacial score (nSPS) is 10.7. The van der Waals surface area contributed by atoms with Gasteiger partial charge in [0.05, 0.1) is 10.0 Å². The van der Waals surface area contributed by atoms with Crippen LogP contribution in [-0.2, 0) is 0 Å². The highest BCUT2D eigenvalue weighted by atomic mass is 35.5. The topological polar surface area (TPSA) is 150 Å². The van der Waals surface area contributed by atoms with Gasteiger partial charge in [-0.05, 0) is 53.8 Å². The molecule has 0 aliphatic heterocycles. The summed E-state index contributed by atoms with van der Waals surface area (Å²) in [6, 6.07) is 5.45. The van der Waals surface area contributed by atoms with E-state index in [9.17, 15) is 30.0 Å². The standard InChI is InChI=1S/C31H40Cl2O6.H3N/c1-2-3-4-5-6-7-8-9-10-11-12-13-14-15-16-23(21-17-24(30(36)37)28(34)26(32)19-21)22-18-25(31(38)39)29(35)27(33)20-22;/h16-20,34-35H,2-15H2,1H3,(H,36,37)(H,38,39);1H3. The van der Waals surface area contributed by atoms with Crippen molar-refractivity contribution in [2.24, 2.45) is 0 Å². The van der Waals surface area contributed by atoms with Gasteiger partial charge in [-0.25, -0.2) is 9.59 Å². The van der Waals surface area contributed by atoms with Gasteiger partial charge in [-0.3, -0.25) is 0 Å². The zero-order valence-electron chi connectivity index (χ0n) is 23.4. The number of aromatic hydroxyl groups is 2. The molecule has 0 aliphatic rings. The maximum atomic E-state index is 11.7. The number of benzene rings is 2. The summed E-state index contributed by atoms with van der Waals surface area (Å²) < 4.78 is 0. The number of hydrogen-bond acceptors (Lipinski definition) is 5. The summed E-state index contributed by atoms with van der Waals surface area (Å²) in [7, 11) is 0. The lowest BCUT2D eigenvalue weighted by Gasteiger charge is -2.14. The Morgan fingerprint density at radius 1 is 0.650 bits per heavy atom. The Balaban J connectivity index is 0.00000800. The molecular weight excluding hydrogens is 553 g/mol. The number of carboxylic acid groups (broad SMARTS) is 2. The summed E-state index contributed by atoms with van der Waals surface area (Å²) in [5.74, 6) is -3.78. The molecule has 0 radical (unpaired) electrons. The van der Waals surface area contributed by atoms with Crippen LogP contribution in [0.1, 0.15) is 129 Å². The monoisotopic (exact) mass is 595 g/mol. The van der Waals surface area contributed by atoms with Crippen LogP contribution in [0.4, 0.5) is 0 Å². The second kappa shape index (κ2) is 18.6. The van der Waals surface area contributed by atoms with Crippen molar-refractivity contribution in [1.29, 1.82) is 0 Å². The number of halogens is 2. The van der Waals surface area contributed by atoms with E-state index in [1.54, 1.807) is 0 Å². The van der Waals surface area contributed by atoms with E-state index in [0.29, 0.717) is 23.1 Å². The molecule has 0 amide bonds. The first-order valence-corrected chi connectivity index (χ1v) is 14.7. The Bertz CT molecular complexity index is 1080. The van der Waals surface area contributed by atoms with Crippen LogP contribution in [0.2, 0.25) is 10.0 Å². The second-order valence-electron chi connectivity index (χ2n) is 9.97. The van der Waals surface area contributed by atoms with E-state index >= 15 is 0 Å². The number of allylic oxidation sites excluding steroid dienone is 1. The minimum Gasteiger partial charge on any atom is -0.505 e. The van der Waals surface area contributed by atoms with Crippen molar-refractivity contribution in [3.63, 3.8) is 0 Å². The van der Waals surface area contributed by atoms with E-state index in [1.807, 2.05) is 6.08 Å². The Morgan fingerprint density at radius 3 is 1.35 bits per heavy atom. The van der Waals surface area contributed by atoms with Crippen LogP contribution < -0.4 is 6.15 Å². The number of carbonyl (C=O) groups is 2. The highest BCUT2D eigenvalue weighted by Crippen LogP contribution is 2.38. The lowest BCUT2D eigenvalue weighted by atomic mass is 9.93. The third kappa shape index (κ3) is 11.0. The van der Waals surface area contributed by atoms with E-state index < -0.39 is 23.4 Å². The Morgan fingerprint density at radius 2 is 1.00 bits per heavy atom. The molecule has 0 fully saturated rings. The molecule has 0 aromatic heterocycles. The van der Waals surface area contributed by atoms with E-state index in [4.69, 9.17) is 23.2 Å². The number of unbranched alkanes of at least 4 members (excludes halogenated alkanes) is 13. The lowest BCUT2D eigenvalue weighted by molar-refractivity contribution is 0.0682. The quantitative estimate of drug-likeness (QED) is 0.107. The second-order valence-corrected chi connectivity index (χ2v) is 10.8. The minimum absolute atomic E-state index is 0. The summed E-state index contributed by atoms with van der Waals surface area (Å²) >= 11 is 12.2. The first-order valence-electron chi connectivity index (χ1n) is 13.9. The molecule has 0 saturated carbocycles. The van der Waals surface area contributed by atoms with Gasteiger partial charge in [0.2, 0.25) is 0 Å². The predicted octanol–water partition coefficient (Wildman–Crippen LogP) is 9.88. The minimum atomic E-state index is -1.35. The Labute approximate surface area is 247 Å². The maximum Gasteiger partial charge on any atom is 0.339 e. The molecule has 0 bridgehead atoms. The first kappa shape index (κ1) is 35.3. The fraction of sp³-hybridized carbons (Fsp3) is 0.484. The van der Waals surface area contributed by atoms with Crippen molar-refractivity contribution in [3.8, 4) is 11.5 Å². The fourth-order valence-electron chi connectivity index (χ4n) is 4.65. The van der Waals surface area contributed by atoms with Gasteiger partial charge in [0.15, 0.2) is 0 Å². The summed E-state index contributed by atoms with van der Waals surface area (Å²) in [4.78, 5) is 23.3. The smallest absolute Gasteiger partial charge is 0.339 e. The van der Waals surface area contributed by atoms with Crippen molar-refractivity contribution in [3.05, 3.63) is 62.6 Å². The maximum absolute atomic E-state index is 11.7. The molecule has 0 atom stereocenters. The molecule has 2 aromatic carbocycles. The van der Waals surface area contributed by atoms with Crippen LogP contribution >= 0.6 is 23.2 Å². The number of carboxylic acids is 2. The van der Waals surface area contributed by atoms with Gasteiger partial charge >= 0.3 is 11.9 Å². The molecule has 9 heteroatoms. The molecule has 2 aromatic rings. The third-order valence-corrected chi connectivity index (χ3v) is 7.44. The van der Waals surface area contributed by atoms with Crippen LogP contribution in [-0.4, -0.2) is 32.4 Å². The average molecular weight is 597 g/mol. The molecule has 7 N–H and O–H groups in total. The van der Waals surface area contributed by atoms with Crippen LogP contribution in [0.25, 0.3) is 5.57 Å². The van der Waals surface area contributed by atoms with Crippen LogP contribution in [0.5, 0.6) is 11.5 Å². The van der Waals surface area contributed by atoms with Gasteiger partial charge in [0.1, 0.15) is 22.6 Å². The molecule has 0 unspecified atom stereocenters. The number of aromatic carboxylic acids is 2. The van der Waals surface area contributed by atoms with Crippen molar-refractivity contribution in [2.45, 2.75) is 96.8 Å². The van der Waals surface area contributed by atoms with Gasteiger partial charge in [-0.1, -0.05) is 113 Å². The third-order valence-electron chi connectivity index (χ3n) is 6.87. The van der Waals surface area contributed by atoms with Crippen molar-refractivity contribution >= 4 is 40.7 Å². The van der Waals surface area contributed by atoms with Gasteiger partial charge in [-0.15, -0.1) is 0 Å². The molecule has 40 heavy (non-hydrogen) atoms. The Kier molecular flexibility index (Phi) is 16.4. The van der Waals surface area contributed by atoms with Gasteiger partial charge < -0.3 is 26.6 Å². The van der Waals surface area contributed by atoms with Gasteiger partial charge in [0.25, 0.3) is 0 Å². The van der Waals surface area contributed by atoms with E-state index in [2.05, 4.69) is 6.92 Å². The van der Waals surface area contributed by atoms with Crippen molar-refractivity contribution in [2.75, 3.05) is 0 Å². The van der Waals surface area contributed by atoms with Gasteiger partial charge in [0, 0.05) is 0 Å². The van der Waals surface area contributed by atoms with Gasteiger partial charge in [-0.2, -0.15) is 0 Å². The zero-order chi connectivity index (χ0) is 28.8. The first-order chi connectivity index (χ1) is 18.7. The highest BCUT2D eigenvalue weighted by molar-refractivity contribution is 6.33. The van der Waals surface area contributed by atoms with E-state index in [-0.39, 0.29) is 27.3 Å². The largest absolute Gasteiger partial charge is 0.505 e. The molecular formula is C31H43Cl2NO6. The fourth-order valence-corrected chi connectivity index (χ4v) is 5.08. The molecule has 0 spiro atoms. The summed E-state index contributed by atoms with van der Waals surface area (Å²) in [6.45, 7) is 2.24. The molecule has 0 saturated heterocycles. The molecule has 222 valence electrons. The Hall–Kier alpha value is -2.74. The van der Waals surface area contributed by atoms with E-state index in [1.165, 1.54) is 88.5 Å². The molecule has 0 aliphatic carbocycles. The highest BCUT2D eigenvalue weighted by Gasteiger charge is 2.20. The van der Waals surface area contributed by atoms with Crippen molar-refractivity contribution < 1.29 is 30.0 Å². The number of phenols is 2. The number of rotatable bonds is 18. The average Bonchev–Trinajstić information content (AvgIpc) is 2.89. The predicted molar refractivity (Wildman–Crippen MR) is 163 cm³/mol. The lowest BCUT2D eigenvalue weighted by Crippen LogP contribution is -2.02. The molecule has 7 nitrogen and oxygen atoms in total. The summed E-state index contributed by atoms with van der Waals surface area (Å²) in [5, 5.41) is 38.9. The zero-order valence-corrected chi connectivity index (χ0v) is 24.9. The molecule has 2 rings (SSSR count).